The van der Waals surface area contributed by atoms with E-state index in [1.807, 2.05) is 31.2 Å². The van der Waals surface area contributed by atoms with E-state index in [-0.39, 0.29) is 17.1 Å². The quantitative estimate of drug-likeness (QED) is 0.685. The van der Waals surface area contributed by atoms with Gasteiger partial charge in [-0.25, -0.2) is 0 Å². The van der Waals surface area contributed by atoms with Crippen molar-refractivity contribution in [2.75, 3.05) is 6.54 Å². The molecule has 1 amide bonds. The zero-order valence-corrected chi connectivity index (χ0v) is 13.9. The van der Waals surface area contributed by atoms with E-state index in [0.717, 1.165) is 11.1 Å². The van der Waals surface area contributed by atoms with Gasteiger partial charge in [-0.3, -0.25) is 9.59 Å². The molecular weight excluding hydrogens is 314 g/mol. The summed E-state index contributed by atoms with van der Waals surface area (Å²) in [5, 5.41) is 0.492. The Balaban J connectivity index is 2.02. The predicted molar refractivity (Wildman–Crippen MR) is 96.7 cm³/mol. The zero-order valence-electron chi connectivity index (χ0n) is 13.9. The largest absolute Gasteiger partial charge is 0.450 e. The Morgan fingerprint density at radius 2 is 1.84 bits per heavy atom. The fourth-order valence-electron chi connectivity index (χ4n) is 3.39. The first-order valence-corrected chi connectivity index (χ1v) is 8.16. The van der Waals surface area contributed by atoms with Crippen LogP contribution in [-0.4, -0.2) is 17.4 Å². The lowest BCUT2D eigenvalue weighted by molar-refractivity contribution is 0.0748. The van der Waals surface area contributed by atoms with Crippen LogP contribution in [0.1, 0.15) is 33.3 Å². The van der Waals surface area contributed by atoms with Gasteiger partial charge >= 0.3 is 0 Å². The highest BCUT2D eigenvalue weighted by molar-refractivity contribution is 5.99. The number of hydrogen-bond acceptors (Lipinski definition) is 3. The minimum absolute atomic E-state index is 0.135. The Kier molecular flexibility index (Phi) is 3.53. The summed E-state index contributed by atoms with van der Waals surface area (Å²) in [7, 11) is 0. The Bertz CT molecular complexity index is 1050. The second-order valence-corrected chi connectivity index (χ2v) is 6.23. The maximum Gasteiger partial charge on any atom is 0.291 e. The summed E-state index contributed by atoms with van der Waals surface area (Å²) in [5.74, 6) is -0.139. The topological polar surface area (TPSA) is 50.5 Å². The first-order chi connectivity index (χ1) is 12.1. The highest BCUT2D eigenvalue weighted by atomic mass is 16.3. The van der Waals surface area contributed by atoms with Gasteiger partial charge in [-0.2, -0.15) is 0 Å². The van der Waals surface area contributed by atoms with E-state index in [9.17, 15) is 9.59 Å². The second-order valence-electron chi connectivity index (χ2n) is 6.23. The molecule has 1 aliphatic rings. The monoisotopic (exact) mass is 331 g/mol. The van der Waals surface area contributed by atoms with Crippen LogP contribution in [0.25, 0.3) is 11.0 Å². The molecule has 0 N–H and O–H groups in total. The van der Waals surface area contributed by atoms with Crippen LogP contribution < -0.4 is 5.43 Å². The van der Waals surface area contributed by atoms with Crippen LogP contribution in [0.15, 0.2) is 70.4 Å². The fraction of sp³-hybridized carbons (Fsp3) is 0.143. The summed E-state index contributed by atoms with van der Waals surface area (Å²) in [5.41, 5.74) is 2.70. The normalized spacial score (nSPS) is 16.3. The van der Waals surface area contributed by atoms with Crippen LogP contribution >= 0.6 is 0 Å². The van der Waals surface area contributed by atoms with Crippen molar-refractivity contribution in [1.82, 2.24) is 4.90 Å². The average Bonchev–Trinajstić information content (AvgIpc) is 2.89. The third-order valence-electron chi connectivity index (χ3n) is 4.59. The van der Waals surface area contributed by atoms with Crippen LogP contribution in [0.3, 0.4) is 0 Å². The Morgan fingerprint density at radius 3 is 2.56 bits per heavy atom. The van der Waals surface area contributed by atoms with E-state index >= 15 is 0 Å². The van der Waals surface area contributed by atoms with E-state index in [4.69, 9.17) is 4.42 Å². The van der Waals surface area contributed by atoms with Gasteiger partial charge in [0, 0.05) is 6.54 Å². The molecule has 4 rings (SSSR count). The lowest BCUT2D eigenvalue weighted by Crippen LogP contribution is -2.29. The number of fused-ring (bicyclic) bond motifs is 2. The molecular formula is C21H17NO3. The summed E-state index contributed by atoms with van der Waals surface area (Å²) in [6, 6.07) is 14.4. The van der Waals surface area contributed by atoms with Crippen molar-refractivity contribution in [1.29, 1.82) is 0 Å². The molecule has 0 saturated heterocycles. The first-order valence-electron chi connectivity index (χ1n) is 8.16. The Hall–Kier alpha value is -3.14. The Labute approximate surface area is 145 Å². The van der Waals surface area contributed by atoms with Gasteiger partial charge in [0.25, 0.3) is 5.91 Å². The average molecular weight is 331 g/mol. The van der Waals surface area contributed by atoms with Crippen LogP contribution in [0.5, 0.6) is 0 Å². The van der Waals surface area contributed by atoms with Gasteiger partial charge in [-0.05, 0) is 24.6 Å². The van der Waals surface area contributed by atoms with E-state index in [1.54, 1.807) is 35.2 Å². The molecule has 0 unspecified atom stereocenters. The number of para-hydroxylation sites is 1. The molecule has 2 aromatic carbocycles. The molecule has 4 nitrogen and oxygen atoms in total. The number of carbonyl (C=O) groups excluding carboxylic acids is 1. The number of amides is 1. The number of carbonyl (C=O) groups is 1. The maximum atomic E-state index is 13.1. The van der Waals surface area contributed by atoms with Crippen LogP contribution in [0, 0.1) is 6.92 Å². The molecule has 25 heavy (non-hydrogen) atoms. The van der Waals surface area contributed by atoms with Crippen LogP contribution in [0.4, 0.5) is 0 Å². The smallest absolute Gasteiger partial charge is 0.291 e. The number of aryl methyl sites for hydroxylation is 1. The third-order valence-corrected chi connectivity index (χ3v) is 4.59. The van der Waals surface area contributed by atoms with Crippen molar-refractivity contribution < 1.29 is 9.21 Å². The first kappa shape index (κ1) is 15.4. The molecule has 0 spiro atoms. The molecule has 1 aromatic heterocycles. The minimum Gasteiger partial charge on any atom is -0.450 e. The van der Waals surface area contributed by atoms with Gasteiger partial charge in [0.1, 0.15) is 5.58 Å². The van der Waals surface area contributed by atoms with Gasteiger partial charge in [0.2, 0.25) is 5.76 Å². The molecule has 0 fully saturated rings. The zero-order chi connectivity index (χ0) is 17.6. The SMILES string of the molecule is C=CCN1C(=O)c2oc3ccccc3c(=O)c2[C@@H]1c1ccc(C)cc1. The van der Waals surface area contributed by atoms with Crippen molar-refractivity contribution >= 4 is 16.9 Å². The summed E-state index contributed by atoms with van der Waals surface area (Å²) in [6.07, 6.45) is 1.66. The Morgan fingerprint density at radius 1 is 1.12 bits per heavy atom. The number of nitrogens with zero attached hydrogens (tertiary/aromatic N) is 1. The summed E-state index contributed by atoms with van der Waals surface area (Å²) in [4.78, 5) is 27.6. The molecule has 4 heteroatoms. The molecule has 0 saturated carbocycles. The van der Waals surface area contributed by atoms with E-state index < -0.39 is 6.04 Å². The summed E-state index contributed by atoms with van der Waals surface area (Å²) >= 11 is 0. The molecule has 1 atom stereocenters. The minimum atomic E-state index is -0.457. The van der Waals surface area contributed by atoms with Crippen LogP contribution in [0.2, 0.25) is 0 Å². The van der Waals surface area contributed by atoms with Gasteiger partial charge in [0.15, 0.2) is 5.43 Å². The van der Waals surface area contributed by atoms with Crippen LogP contribution in [-0.2, 0) is 0 Å². The second kappa shape index (κ2) is 5.74. The highest BCUT2D eigenvalue weighted by Crippen LogP contribution is 2.37. The molecule has 0 aliphatic carbocycles. The van der Waals surface area contributed by atoms with Crippen molar-refractivity contribution in [3.05, 3.63) is 93.9 Å². The lowest BCUT2D eigenvalue weighted by atomic mass is 9.98. The van der Waals surface area contributed by atoms with Crippen molar-refractivity contribution in [2.24, 2.45) is 0 Å². The lowest BCUT2D eigenvalue weighted by Gasteiger charge is -2.23. The van der Waals surface area contributed by atoms with E-state index in [0.29, 0.717) is 23.1 Å². The fourth-order valence-corrected chi connectivity index (χ4v) is 3.39. The molecule has 3 aromatic rings. The van der Waals surface area contributed by atoms with Crippen molar-refractivity contribution in [2.45, 2.75) is 13.0 Å². The number of benzene rings is 2. The highest BCUT2D eigenvalue weighted by Gasteiger charge is 2.42. The van der Waals surface area contributed by atoms with Crippen molar-refractivity contribution in [3.8, 4) is 0 Å². The molecule has 1 aliphatic heterocycles. The predicted octanol–water partition coefficient (Wildman–Crippen LogP) is 3.83. The summed E-state index contributed by atoms with van der Waals surface area (Å²) < 4.78 is 5.82. The molecule has 0 bridgehead atoms. The maximum absolute atomic E-state index is 13.1. The molecule has 124 valence electrons. The molecule has 0 radical (unpaired) electrons. The standard InChI is InChI=1S/C21H17NO3/c1-3-12-22-18(14-10-8-13(2)9-11-14)17-19(23)15-6-4-5-7-16(15)25-20(17)21(22)24/h3-11,18H,1,12H2,2H3/t18-/m0/s1. The third kappa shape index (κ3) is 2.30. The number of rotatable bonds is 3. The van der Waals surface area contributed by atoms with Gasteiger partial charge in [-0.15, -0.1) is 6.58 Å². The van der Waals surface area contributed by atoms with E-state index in [1.165, 1.54) is 0 Å². The van der Waals surface area contributed by atoms with Gasteiger partial charge < -0.3 is 9.32 Å². The number of hydrogen-bond donors (Lipinski definition) is 0. The molecule has 2 heterocycles. The summed E-state index contributed by atoms with van der Waals surface area (Å²) in [6.45, 7) is 6.08. The van der Waals surface area contributed by atoms with Crippen molar-refractivity contribution in [3.63, 3.8) is 0 Å². The van der Waals surface area contributed by atoms with Gasteiger partial charge in [0.05, 0.1) is 17.0 Å². The van der Waals surface area contributed by atoms with E-state index in [2.05, 4.69) is 6.58 Å². The van der Waals surface area contributed by atoms with Gasteiger partial charge in [-0.1, -0.05) is 48.0 Å².